The Morgan fingerprint density at radius 3 is 2.25 bits per heavy atom. The van der Waals surface area contributed by atoms with Crippen LogP contribution in [-0.2, 0) is 4.84 Å². The minimum absolute atomic E-state index is 0.0600. The largest absolute Gasteiger partial charge is 0.457 e. The predicted molar refractivity (Wildman–Crippen MR) is 81.5 cm³/mol. The number of para-hydroxylation sites is 1. The van der Waals surface area contributed by atoms with E-state index in [1.54, 1.807) is 0 Å². The van der Waals surface area contributed by atoms with Crippen molar-refractivity contribution >= 4 is 15.9 Å². The Morgan fingerprint density at radius 1 is 1.00 bits per heavy atom. The smallest absolute Gasteiger partial charge is 0.134 e. The van der Waals surface area contributed by atoms with Gasteiger partial charge in [-0.2, -0.15) is 0 Å². The van der Waals surface area contributed by atoms with Crippen LogP contribution in [0.25, 0.3) is 0 Å². The van der Waals surface area contributed by atoms with E-state index in [2.05, 4.69) is 21.4 Å². The molecular weight excluding hydrogens is 318 g/mol. The van der Waals surface area contributed by atoms with Gasteiger partial charge in [-0.25, -0.2) is 0 Å². The minimum atomic E-state index is -0.0600. The van der Waals surface area contributed by atoms with Gasteiger partial charge in [0.05, 0.1) is 0 Å². The highest BCUT2D eigenvalue weighted by molar-refractivity contribution is 9.11. The predicted octanol–water partition coefficient (Wildman–Crippen LogP) is 4.68. The SMILES string of the molecule is CC1=C(Br)NO[C@@H]1c1ccc(Oc2ccccc2)cc1. The topological polar surface area (TPSA) is 30.5 Å². The van der Waals surface area contributed by atoms with Gasteiger partial charge in [-0.3, -0.25) is 10.3 Å². The van der Waals surface area contributed by atoms with Crippen molar-refractivity contribution in [3.05, 3.63) is 70.3 Å². The molecule has 102 valence electrons. The Labute approximate surface area is 126 Å². The average molecular weight is 332 g/mol. The molecule has 0 amide bonds. The number of benzene rings is 2. The third-order valence-corrected chi connectivity index (χ3v) is 3.95. The van der Waals surface area contributed by atoms with Crippen LogP contribution in [0.5, 0.6) is 11.5 Å². The second-order valence-electron chi connectivity index (χ2n) is 4.58. The minimum Gasteiger partial charge on any atom is -0.457 e. The molecule has 1 aliphatic rings. The molecule has 3 rings (SSSR count). The number of hydroxylamine groups is 1. The van der Waals surface area contributed by atoms with Crippen molar-refractivity contribution in [3.8, 4) is 11.5 Å². The summed E-state index contributed by atoms with van der Waals surface area (Å²) < 4.78 is 6.66. The van der Waals surface area contributed by atoms with Crippen LogP contribution in [0.1, 0.15) is 18.6 Å². The zero-order valence-corrected chi connectivity index (χ0v) is 12.6. The number of halogens is 1. The Kier molecular flexibility index (Phi) is 3.76. The third-order valence-electron chi connectivity index (χ3n) is 3.17. The van der Waals surface area contributed by atoms with Gasteiger partial charge in [0.25, 0.3) is 0 Å². The lowest BCUT2D eigenvalue weighted by molar-refractivity contribution is 0.0416. The zero-order valence-electron chi connectivity index (χ0n) is 11.0. The second kappa shape index (κ2) is 5.69. The Morgan fingerprint density at radius 2 is 1.65 bits per heavy atom. The molecule has 4 heteroatoms. The normalized spacial score (nSPS) is 18.0. The van der Waals surface area contributed by atoms with Crippen molar-refractivity contribution in [2.45, 2.75) is 13.0 Å². The van der Waals surface area contributed by atoms with Gasteiger partial charge in [-0.1, -0.05) is 30.3 Å². The van der Waals surface area contributed by atoms with Gasteiger partial charge in [0.15, 0.2) is 0 Å². The Bertz CT molecular complexity index is 623. The van der Waals surface area contributed by atoms with Gasteiger partial charge in [0.1, 0.15) is 22.2 Å². The van der Waals surface area contributed by atoms with Gasteiger partial charge in [0, 0.05) is 0 Å². The summed E-state index contributed by atoms with van der Waals surface area (Å²) in [4.78, 5) is 5.51. The fourth-order valence-electron chi connectivity index (χ4n) is 2.05. The molecule has 2 aromatic rings. The molecule has 0 radical (unpaired) electrons. The molecule has 1 aliphatic heterocycles. The van der Waals surface area contributed by atoms with Gasteiger partial charge in [-0.05, 0) is 58.3 Å². The fourth-order valence-corrected chi connectivity index (χ4v) is 2.35. The average Bonchev–Trinajstić information content (AvgIpc) is 2.81. The lowest BCUT2D eigenvalue weighted by Crippen LogP contribution is -2.05. The van der Waals surface area contributed by atoms with Gasteiger partial charge >= 0.3 is 0 Å². The summed E-state index contributed by atoms with van der Waals surface area (Å²) in [6, 6.07) is 17.7. The van der Waals surface area contributed by atoms with Crippen molar-refractivity contribution in [2.24, 2.45) is 0 Å². The first kappa shape index (κ1) is 13.2. The van der Waals surface area contributed by atoms with Gasteiger partial charge < -0.3 is 4.74 Å². The molecule has 0 unspecified atom stereocenters. The Hall–Kier alpha value is -1.78. The molecule has 1 atom stereocenters. The van der Waals surface area contributed by atoms with Crippen molar-refractivity contribution in [3.63, 3.8) is 0 Å². The van der Waals surface area contributed by atoms with Crippen LogP contribution < -0.4 is 10.2 Å². The van der Waals surface area contributed by atoms with Crippen LogP contribution in [0.15, 0.2) is 64.8 Å². The van der Waals surface area contributed by atoms with Crippen molar-refractivity contribution in [2.75, 3.05) is 0 Å². The number of hydrogen-bond acceptors (Lipinski definition) is 3. The summed E-state index contributed by atoms with van der Waals surface area (Å²) in [6.07, 6.45) is -0.0600. The van der Waals surface area contributed by atoms with Crippen molar-refractivity contribution in [1.82, 2.24) is 5.48 Å². The highest BCUT2D eigenvalue weighted by atomic mass is 79.9. The molecule has 1 N–H and O–H groups in total. The van der Waals surface area contributed by atoms with E-state index in [-0.39, 0.29) is 6.10 Å². The molecule has 1 heterocycles. The first-order chi connectivity index (χ1) is 9.74. The van der Waals surface area contributed by atoms with Crippen LogP contribution in [0, 0.1) is 0 Å². The quantitative estimate of drug-likeness (QED) is 0.828. The highest BCUT2D eigenvalue weighted by Gasteiger charge is 2.23. The monoisotopic (exact) mass is 331 g/mol. The van der Waals surface area contributed by atoms with E-state index >= 15 is 0 Å². The maximum atomic E-state index is 5.77. The summed E-state index contributed by atoms with van der Waals surface area (Å²) in [5.74, 6) is 1.64. The maximum Gasteiger partial charge on any atom is 0.134 e. The molecule has 0 saturated heterocycles. The zero-order chi connectivity index (χ0) is 13.9. The first-order valence-electron chi connectivity index (χ1n) is 6.35. The maximum absolute atomic E-state index is 5.77. The van der Waals surface area contributed by atoms with Gasteiger partial charge in [-0.15, -0.1) is 0 Å². The Balaban J connectivity index is 1.75. The first-order valence-corrected chi connectivity index (χ1v) is 7.14. The molecule has 20 heavy (non-hydrogen) atoms. The standard InChI is InChI=1S/C16H14BrNO2/c1-11-15(20-18-16(11)17)12-7-9-14(10-8-12)19-13-5-3-2-4-6-13/h2-10,15,18H,1H3/t15-/m0/s1. The van der Waals surface area contributed by atoms with E-state index in [1.807, 2.05) is 61.5 Å². The molecule has 0 spiro atoms. The lowest BCUT2D eigenvalue weighted by Gasteiger charge is -2.12. The number of nitrogens with one attached hydrogen (secondary N) is 1. The highest BCUT2D eigenvalue weighted by Crippen LogP contribution is 2.34. The number of ether oxygens (including phenoxy) is 1. The molecule has 0 aliphatic carbocycles. The van der Waals surface area contributed by atoms with Crippen LogP contribution in [0.2, 0.25) is 0 Å². The summed E-state index contributed by atoms with van der Waals surface area (Å²) >= 11 is 3.42. The van der Waals surface area contributed by atoms with Crippen molar-refractivity contribution < 1.29 is 9.57 Å². The summed E-state index contributed by atoms with van der Waals surface area (Å²) in [7, 11) is 0. The molecule has 2 aromatic carbocycles. The van der Waals surface area contributed by atoms with E-state index in [4.69, 9.17) is 9.57 Å². The molecule has 0 aromatic heterocycles. The molecule has 0 fully saturated rings. The van der Waals surface area contributed by atoms with E-state index < -0.39 is 0 Å². The summed E-state index contributed by atoms with van der Waals surface area (Å²) in [5, 5.41) is 0. The van der Waals surface area contributed by atoms with E-state index in [1.165, 1.54) is 0 Å². The number of hydrogen-bond donors (Lipinski definition) is 1. The molecule has 0 bridgehead atoms. The second-order valence-corrected chi connectivity index (χ2v) is 5.37. The lowest BCUT2D eigenvalue weighted by atomic mass is 10.0. The summed E-state index contributed by atoms with van der Waals surface area (Å²) in [6.45, 7) is 2.03. The van der Waals surface area contributed by atoms with Crippen LogP contribution in [-0.4, -0.2) is 0 Å². The van der Waals surface area contributed by atoms with Crippen LogP contribution in [0.4, 0.5) is 0 Å². The third kappa shape index (κ3) is 2.71. The van der Waals surface area contributed by atoms with Crippen LogP contribution >= 0.6 is 15.9 Å². The van der Waals surface area contributed by atoms with Crippen LogP contribution in [0.3, 0.4) is 0 Å². The van der Waals surface area contributed by atoms with E-state index in [0.717, 1.165) is 27.2 Å². The molecule has 3 nitrogen and oxygen atoms in total. The molecular formula is C16H14BrNO2. The van der Waals surface area contributed by atoms with E-state index in [0.29, 0.717) is 0 Å². The van der Waals surface area contributed by atoms with Gasteiger partial charge in [0.2, 0.25) is 0 Å². The van der Waals surface area contributed by atoms with E-state index in [9.17, 15) is 0 Å². The molecule has 0 saturated carbocycles. The number of rotatable bonds is 3. The summed E-state index contributed by atoms with van der Waals surface area (Å²) in [5.41, 5.74) is 5.05. The van der Waals surface area contributed by atoms with Crippen molar-refractivity contribution in [1.29, 1.82) is 0 Å². The fraction of sp³-hybridized carbons (Fsp3) is 0.125.